The molecule has 1 aliphatic heterocycles. The molecule has 24 heavy (non-hydrogen) atoms. The Morgan fingerprint density at radius 1 is 1.21 bits per heavy atom. The fourth-order valence-corrected chi connectivity index (χ4v) is 3.17. The van der Waals surface area contributed by atoms with E-state index in [4.69, 9.17) is 0 Å². The number of carbonyl (C=O) groups is 1. The predicted octanol–water partition coefficient (Wildman–Crippen LogP) is 0.0416. The van der Waals surface area contributed by atoms with Crippen LogP contribution in [0.1, 0.15) is 16.8 Å². The zero-order chi connectivity index (χ0) is 16.7. The minimum absolute atomic E-state index is 0. The summed E-state index contributed by atoms with van der Waals surface area (Å²) in [6.07, 6.45) is 0.901. The maximum atomic E-state index is 12.0. The van der Waals surface area contributed by atoms with E-state index in [1.807, 2.05) is 0 Å². The van der Waals surface area contributed by atoms with Crippen molar-refractivity contribution in [2.45, 2.75) is 11.3 Å². The van der Waals surface area contributed by atoms with Crippen LogP contribution >= 0.6 is 12.4 Å². The average Bonchev–Trinajstić information content (AvgIpc) is 2.59. The van der Waals surface area contributed by atoms with Crippen molar-refractivity contribution < 1.29 is 13.2 Å². The minimum Gasteiger partial charge on any atom is -0.352 e. The van der Waals surface area contributed by atoms with Crippen LogP contribution in [0, 0.1) is 0 Å². The molecule has 9 heteroatoms. The molecule has 136 valence electrons. The number of piperazine rings is 1. The molecule has 0 radical (unpaired) electrons. The lowest BCUT2D eigenvalue weighted by Gasteiger charge is -2.27. The van der Waals surface area contributed by atoms with E-state index in [1.54, 1.807) is 0 Å². The second-order valence-corrected chi connectivity index (χ2v) is 7.32. The highest BCUT2D eigenvalue weighted by Crippen LogP contribution is 2.10. The van der Waals surface area contributed by atoms with Crippen molar-refractivity contribution in [2.24, 2.45) is 0 Å². The van der Waals surface area contributed by atoms with E-state index in [9.17, 15) is 13.2 Å². The van der Waals surface area contributed by atoms with E-state index < -0.39 is 10.0 Å². The first-order valence-corrected chi connectivity index (χ1v) is 9.26. The molecule has 7 nitrogen and oxygen atoms in total. The Morgan fingerprint density at radius 2 is 1.83 bits per heavy atom. The van der Waals surface area contributed by atoms with Crippen molar-refractivity contribution in [3.8, 4) is 0 Å². The number of nitrogens with one attached hydrogen (secondary N) is 3. The van der Waals surface area contributed by atoms with E-state index in [1.165, 1.54) is 31.3 Å². The number of amides is 1. The molecule has 1 saturated heterocycles. The largest absolute Gasteiger partial charge is 0.352 e. The van der Waals surface area contributed by atoms with Gasteiger partial charge < -0.3 is 15.5 Å². The van der Waals surface area contributed by atoms with Gasteiger partial charge in [0.1, 0.15) is 0 Å². The van der Waals surface area contributed by atoms with Gasteiger partial charge in [-0.2, -0.15) is 0 Å². The van der Waals surface area contributed by atoms with Crippen LogP contribution in [0.3, 0.4) is 0 Å². The van der Waals surface area contributed by atoms with Crippen molar-refractivity contribution in [3.63, 3.8) is 0 Å². The Balaban J connectivity index is 0.00000288. The fourth-order valence-electron chi connectivity index (χ4n) is 2.44. The number of rotatable bonds is 7. The highest BCUT2D eigenvalue weighted by molar-refractivity contribution is 7.89. The number of hydrogen-bond donors (Lipinski definition) is 3. The summed E-state index contributed by atoms with van der Waals surface area (Å²) in [6.45, 7) is 5.73. The summed E-state index contributed by atoms with van der Waals surface area (Å²) in [4.78, 5) is 14.5. The molecule has 1 aromatic rings. The molecule has 0 spiro atoms. The molecule has 0 bridgehead atoms. The van der Waals surface area contributed by atoms with E-state index in [0.717, 1.165) is 39.1 Å². The summed E-state index contributed by atoms with van der Waals surface area (Å²) in [5.41, 5.74) is 0.460. The number of nitrogens with zero attached hydrogens (tertiary/aromatic N) is 1. The summed E-state index contributed by atoms with van der Waals surface area (Å²) in [5, 5.41) is 6.17. The molecule has 1 amide bonds. The molecular formula is C15H25ClN4O3S. The third-order valence-electron chi connectivity index (χ3n) is 3.84. The molecule has 1 fully saturated rings. The minimum atomic E-state index is -3.47. The van der Waals surface area contributed by atoms with E-state index >= 15 is 0 Å². The summed E-state index contributed by atoms with van der Waals surface area (Å²) >= 11 is 0. The third kappa shape index (κ3) is 6.03. The van der Waals surface area contributed by atoms with Crippen LogP contribution in [-0.2, 0) is 10.0 Å². The molecule has 0 saturated carbocycles. The first-order chi connectivity index (χ1) is 11.0. The van der Waals surface area contributed by atoms with Gasteiger partial charge in [0.2, 0.25) is 10.0 Å². The Morgan fingerprint density at radius 3 is 2.42 bits per heavy atom. The molecule has 1 aromatic carbocycles. The Kier molecular flexibility index (Phi) is 8.65. The summed E-state index contributed by atoms with van der Waals surface area (Å²) < 4.78 is 25.5. The molecular weight excluding hydrogens is 352 g/mol. The zero-order valence-corrected chi connectivity index (χ0v) is 15.4. The van der Waals surface area contributed by atoms with Gasteiger partial charge in [-0.15, -0.1) is 12.4 Å². The highest BCUT2D eigenvalue weighted by atomic mass is 35.5. The molecule has 1 aliphatic rings. The molecule has 0 aliphatic carbocycles. The van der Waals surface area contributed by atoms with Crippen LogP contribution in [0.2, 0.25) is 0 Å². The number of carbonyl (C=O) groups excluding carboxylic acids is 1. The molecule has 1 heterocycles. The van der Waals surface area contributed by atoms with Crippen molar-refractivity contribution in [1.82, 2.24) is 20.3 Å². The SMILES string of the molecule is CNS(=O)(=O)c1ccc(C(=O)NCCCN2CCNCC2)cc1.Cl. The number of sulfonamides is 1. The van der Waals surface area contributed by atoms with Gasteiger partial charge in [0.15, 0.2) is 0 Å². The van der Waals surface area contributed by atoms with Crippen molar-refractivity contribution in [1.29, 1.82) is 0 Å². The molecule has 0 unspecified atom stereocenters. The average molecular weight is 377 g/mol. The zero-order valence-electron chi connectivity index (χ0n) is 13.7. The smallest absolute Gasteiger partial charge is 0.251 e. The van der Waals surface area contributed by atoms with Gasteiger partial charge >= 0.3 is 0 Å². The van der Waals surface area contributed by atoms with Gasteiger partial charge in [-0.1, -0.05) is 0 Å². The van der Waals surface area contributed by atoms with Crippen LogP contribution in [0.4, 0.5) is 0 Å². The third-order valence-corrected chi connectivity index (χ3v) is 5.27. The van der Waals surface area contributed by atoms with Crippen LogP contribution < -0.4 is 15.4 Å². The van der Waals surface area contributed by atoms with Crippen LogP contribution in [0.15, 0.2) is 29.2 Å². The molecule has 3 N–H and O–H groups in total. The molecule has 0 aromatic heterocycles. The van der Waals surface area contributed by atoms with Crippen molar-refractivity contribution in [3.05, 3.63) is 29.8 Å². The second-order valence-electron chi connectivity index (χ2n) is 5.43. The lowest BCUT2D eigenvalue weighted by atomic mass is 10.2. The molecule has 2 rings (SSSR count). The number of hydrogen-bond acceptors (Lipinski definition) is 5. The Labute approximate surface area is 149 Å². The van der Waals surface area contributed by atoms with Gasteiger partial charge in [0, 0.05) is 38.3 Å². The normalized spacial score (nSPS) is 15.5. The topological polar surface area (TPSA) is 90.5 Å². The van der Waals surface area contributed by atoms with Crippen LogP contribution in [0.25, 0.3) is 0 Å². The first kappa shape index (κ1) is 20.9. The maximum absolute atomic E-state index is 12.0. The predicted molar refractivity (Wildman–Crippen MR) is 96.2 cm³/mol. The van der Waals surface area contributed by atoms with Crippen LogP contribution in [-0.4, -0.2) is 65.5 Å². The van der Waals surface area contributed by atoms with E-state index in [0.29, 0.717) is 12.1 Å². The Bertz CT molecular complexity index is 616. The number of benzene rings is 1. The van der Waals surface area contributed by atoms with Crippen molar-refractivity contribution in [2.75, 3.05) is 46.3 Å². The molecule has 0 atom stereocenters. The van der Waals surface area contributed by atoms with Gasteiger partial charge in [0.25, 0.3) is 5.91 Å². The number of halogens is 1. The summed E-state index contributed by atoms with van der Waals surface area (Å²) in [7, 11) is -2.11. The van der Waals surface area contributed by atoms with Gasteiger partial charge in [-0.05, 0) is 44.3 Å². The second kappa shape index (κ2) is 9.95. The standard InChI is InChI=1S/C15H24N4O3S.ClH/c1-16-23(21,22)14-5-3-13(4-6-14)15(20)18-7-2-10-19-11-8-17-9-12-19;/h3-6,16-17H,2,7-12H2,1H3,(H,18,20);1H. The Hall–Kier alpha value is -1.19. The quantitative estimate of drug-likeness (QED) is 0.585. The van der Waals surface area contributed by atoms with E-state index in [2.05, 4.69) is 20.3 Å². The monoisotopic (exact) mass is 376 g/mol. The van der Waals surface area contributed by atoms with Crippen LogP contribution in [0.5, 0.6) is 0 Å². The van der Waals surface area contributed by atoms with Gasteiger partial charge in [-0.25, -0.2) is 13.1 Å². The maximum Gasteiger partial charge on any atom is 0.251 e. The highest BCUT2D eigenvalue weighted by Gasteiger charge is 2.13. The first-order valence-electron chi connectivity index (χ1n) is 7.78. The lowest BCUT2D eigenvalue weighted by Crippen LogP contribution is -2.44. The van der Waals surface area contributed by atoms with Gasteiger partial charge in [-0.3, -0.25) is 4.79 Å². The van der Waals surface area contributed by atoms with Gasteiger partial charge in [0.05, 0.1) is 4.90 Å². The summed E-state index contributed by atoms with van der Waals surface area (Å²) in [6, 6.07) is 5.91. The fraction of sp³-hybridized carbons (Fsp3) is 0.533. The van der Waals surface area contributed by atoms with Crippen molar-refractivity contribution >= 4 is 28.3 Å². The summed E-state index contributed by atoms with van der Waals surface area (Å²) in [5.74, 6) is -0.182. The van der Waals surface area contributed by atoms with E-state index in [-0.39, 0.29) is 23.2 Å². The lowest BCUT2D eigenvalue weighted by molar-refractivity contribution is 0.0951.